The molecule has 1 aliphatic carbocycles. The van der Waals surface area contributed by atoms with Gasteiger partial charge in [0.15, 0.2) is 0 Å². The number of aryl methyl sites for hydroxylation is 1. The number of amides is 3. The molecule has 0 atom stereocenters. The molecule has 0 unspecified atom stereocenters. The van der Waals surface area contributed by atoms with Crippen molar-refractivity contribution in [3.8, 4) is 0 Å². The Hall–Kier alpha value is -3.27. The van der Waals surface area contributed by atoms with E-state index in [1.54, 1.807) is 29.7 Å². The van der Waals surface area contributed by atoms with Gasteiger partial charge in [0.2, 0.25) is 5.91 Å². The van der Waals surface area contributed by atoms with E-state index in [4.69, 9.17) is 11.6 Å². The van der Waals surface area contributed by atoms with Crippen molar-refractivity contribution in [2.45, 2.75) is 57.5 Å². The predicted octanol–water partition coefficient (Wildman–Crippen LogP) is 3.17. The van der Waals surface area contributed by atoms with Gasteiger partial charge in [-0.25, -0.2) is 8.78 Å². The topological polar surface area (TPSA) is 109 Å². The third-order valence-corrected chi connectivity index (χ3v) is 7.03. The molecular weight excluding hydrogens is 482 g/mol. The third-order valence-electron chi connectivity index (χ3n) is 6.62. The first-order chi connectivity index (χ1) is 16.4. The normalized spacial score (nSPS) is 17.2. The highest BCUT2D eigenvalue weighted by atomic mass is 35.5. The molecule has 2 aliphatic rings. The van der Waals surface area contributed by atoms with Crippen LogP contribution in [0.25, 0.3) is 0 Å². The fraction of sp³-hybridized carbons (Fsp3) is 0.417. The number of carbonyl (C=O) groups excluding carboxylic acids is 4. The highest BCUT2D eigenvalue weighted by Gasteiger charge is 2.62. The molecule has 1 fully saturated rings. The largest absolute Gasteiger partial charge is 0.357 e. The SMILES string of the molecule is CNC(=O)C1(NC(=O)C(=O)c2c(C)c(C(=O)Nc3ccc(C)c(Cl)c3)n3c2CCC3)CC(F)(F)C1. The Balaban J connectivity index is 1.62. The number of hydrogen-bond acceptors (Lipinski definition) is 4. The first-order valence-electron chi connectivity index (χ1n) is 11.2. The number of nitrogens with zero attached hydrogens (tertiary/aromatic N) is 1. The summed E-state index contributed by atoms with van der Waals surface area (Å²) in [4.78, 5) is 51.4. The van der Waals surface area contributed by atoms with E-state index in [9.17, 15) is 28.0 Å². The van der Waals surface area contributed by atoms with Crippen LogP contribution in [-0.2, 0) is 22.6 Å². The number of ketones is 1. The molecule has 0 bridgehead atoms. The van der Waals surface area contributed by atoms with Crippen LogP contribution in [0.3, 0.4) is 0 Å². The zero-order chi connectivity index (χ0) is 25.7. The van der Waals surface area contributed by atoms with Gasteiger partial charge in [-0.2, -0.15) is 0 Å². The standard InChI is InChI=1S/C24H25ClF2N4O4/c1-12-6-7-14(9-15(12)25)29-20(33)18-13(2)17(16-5-4-8-31(16)18)19(32)21(34)30-23(22(35)28-3)10-24(26,27)11-23/h6-7,9H,4-5,8,10-11H2,1-3H3,(H,28,35)(H,29,33)(H,30,34). The number of carbonyl (C=O) groups is 4. The summed E-state index contributed by atoms with van der Waals surface area (Å²) in [6.07, 6.45) is -0.642. The Labute approximate surface area is 205 Å². The molecule has 186 valence electrons. The van der Waals surface area contributed by atoms with Crippen LogP contribution in [0, 0.1) is 13.8 Å². The fourth-order valence-corrected chi connectivity index (χ4v) is 5.12. The summed E-state index contributed by atoms with van der Waals surface area (Å²) in [6.45, 7) is 3.88. The van der Waals surface area contributed by atoms with E-state index >= 15 is 0 Å². The van der Waals surface area contributed by atoms with Crippen molar-refractivity contribution >= 4 is 40.8 Å². The minimum absolute atomic E-state index is 0.0604. The summed E-state index contributed by atoms with van der Waals surface area (Å²) in [5.41, 5.74) is 0.606. The number of benzene rings is 1. The lowest BCUT2D eigenvalue weighted by atomic mass is 9.72. The Morgan fingerprint density at radius 2 is 1.80 bits per heavy atom. The van der Waals surface area contributed by atoms with Crippen LogP contribution >= 0.6 is 11.6 Å². The van der Waals surface area contributed by atoms with Crippen molar-refractivity contribution in [3.05, 3.63) is 51.3 Å². The van der Waals surface area contributed by atoms with E-state index in [1.165, 1.54) is 7.05 Å². The van der Waals surface area contributed by atoms with Crippen LogP contribution in [-0.4, -0.2) is 46.6 Å². The summed E-state index contributed by atoms with van der Waals surface area (Å²) in [7, 11) is 1.27. The molecule has 1 aliphatic heterocycles. The van der Waals surface area contributed by atoms with Gasteiger partial charge in [-0.1, -0.05) is 17.7 Å². The molecule has 0 saturated heterocycles. The molecule has 1 saturated carbocycles. The third kappa shape index (κ3) is 4.31. The van der Waals surface area contributed by atoms with Crippen LogP contribution in [0.4, 0.5) is 14.5 Å². The predicted molar refractivity (Wildman–Crippen MR) is 125 cm³/mol. The van der Waals surface area contributed by atoms with Crippen molar-refractivity contribution in [1.29, 1.82) is 0 Å². The molecule has 35 heavy (non-hydrogen) atoms. The van der Waals surface area contributed by atoms with Crippen molar-refractivity contribution in [2.24, 2.45) is 0 Å². The molecule has 4 rings (SSSR count). The molecule has 3 N–H and O–H groups in total. The zero-order valence-corrected chi connectivity index (χ0v) is 20.2. The molecule has 3 amide bonds. The van der Waals surface area contributed by atoms with Crippen LogP contribution in [0.5, 0.6) is 0 Å². The highest BCUT2D eigenvalue weighted by Crippen LogP contribution is 2.46. The quantitative estimate of drug-likeness (QED) is 0.413. The van der Waals surface area contributed by atoms with Crippen molar-refractivity contribution in [1.82, 2.24) is 15.2 Å². The second-order valence-corrected chi connectivity index (χ2v) is 9.53. The van der Waals surface area contributed by atoms with E-state index in [0.29, 0.717) is 41.4 Å². The highest BCUT2D eigenvalue weighted by molar-refractivity contribution is 6.44. The Morgan fingerprint density at radius 1 is 1.11 bits per heavy atom. The van der Waals surface area contributed by atoms with Gasteiger partial charge in [0.25, 0.3) is 23.5 Å². The van der Waals surface area contributed by atoms with Crippen LogP contribution < -0.4 is 16.0 Å². The van der Waals surface area contributed by atoms with E-state index in [1.807, 2.05) is 6.92 Å². The lowest BCUT2D eigenvalue weighted by molar-refractivity contribution is -0.164. The minimum Gasteiger partial charge on any atom is -0.357 e. The van der Waals surface area contributed by atoms with Crippen molar-refractivity contribution in [3.63, 3.8) is 0 Å². The monoisotopic (exact) mass is 506 g/mol. The average molecular weight is 507 g/mol. The number of aromatic nitrogens is 1. The van der Waals surface area contributed by atoms with Gasteiger partial charge >= 0.3 is 0 Å². The number of nitrogens with one attached hydrogen (secondary N) is 3. The molecule has 2 aromatic rings. The first kappa shape index (κ1) is 24.8. The maximum Gasteiger partial charge on any atom is 0.293 e. The molecule has 0 radical (unpaired) electrons. The first-order valence-corrected chi connectivity index (χ1v) is 11.5. The molecular formula is C24H25ClF2N4O4. The van der Waals surface area contributed by atoms with E-state index in [2.05, 4.69) is 16.0 Å². The molecule has 8 nitrogen and oxygen atoms in total. The van der Waals surface area contributed by atoms with Crippen molar-refractivity contribution < 1.29 is 28.0 Å². The second kappa shape index (κ2) is 8.75. The van der Waals surface area contributed by atoms with E-state index in [0.717, 1.165) is 5.56 Å². The van der Waals surface area contributed by atoms with Gasteiger partial charge in [0.05, 0.1) is 5.56 Å². The maximum absolute atomic E-state index is 13.6. The number of likely N-dealkylation sites (N-methyl/N-ethyl adjacent to an activating group) is 1. The number of halogens is 3. The number of anilines is 1. The lowest BCUT2D eigenvalue weighted by Gasteiger charge is -2.45. The Bertz CT molecular complexity index is 1260. The fourth-order valence-electron chi connectivity index (χ4n) is 4.94. The van der Waals surface area contributed by atoms with Gasteiger partial charge in [-0.05, 0) is 49.9 Å². The van der Waals surface area contributed by atoms with E-state index < -0.39 is 47.8 Å². The molecule has 0 spiro atoms. The van der Waals surface area contributed by atoms with Crippen LogP contribution in [0.1, 0.15) is 56.9 Å². The van der Waals surface area contributed by atoms with E-state index in [-0.39, 0.29) is 11.3 Å². The van der Waals surface area contributed by atoms with Gasteiger partial charge in [0, 0.05) is 42.8 Å². The summed E-state index contributed by atoms with van der Waals surface area (Å²) >= 11 is 6.15. The van der Waals surface area contributed by atoms with Crippen LogP contribution in [0.2, 0.25) is 5.02 Å². The van der Waals surface area contributed by atoms with Gasteiger partial charge in [-0.3, -0.25) is 19.2 Å². The molecule has 2 heterocycles. The Kier molecular flexibility index (Phi) is 6.21. The van der Waals surface area contributed by atoms with Gasteiger partial charge < -0.3 is 20.5 Å². The summed E-state index contributed by atoms with van der Waals surface area (Å²) in [6, 6.07) is 5.08. The second-order valence-electron chi connectivity index (χ2n) is 9.12. The number of alkyl halides is 2. The van der Waals surface area contributed by atoms with Gasteiger partial charge in [0.1, 0.15) is 11.2 Å². The number of rotatable bonds is 6. The molecule has 11 heteroatoms. The number of Topliss-reactive ketones (excluding diaryl/α,β-unsaturated/α-hetero) is 1. The zero-order valence-electron chi connectivity index (χ0n) is 19.5. The minimum atomic E-state index is -3.11. The summed E-state index contributed by atoms with van der Waals surface area (Å²) < 4.78 is 28.9. The molecule has 1 aromatic carbocycles. The Morgan fingerprint density at radius 3 is 2.40 bits per heavy atom. The average Bonchev–Trinajstić information content (AvgIpc) is 3.33. The maximum atomic E-state index is 13.6. The lowest BCUT2D eigenvalue weighted by Crippen LogP contribution is -2.69. The number of hydrogen-bond donors (Lipinski definition) is 3. The van der Waals surface area contributed by atoms with Crippen molar-refractivity contribution in [2.75, 3.05) is 12.4 Å². The smallest absolute Gasteiger partial charge is 0.293 e. The number of fused-ring (bicyclic) bond motifs is 1. The van der Waals surface area contributed by atoms with Gasteiger partial charge in [-0.15, -0.1) is 0 Å². The van der Waals surface area contributed by atoms with Crippen LogP contribution in [0.15, 0.2) is 18.2 Å². The molecule has 1 aromatic heterocycles. The summed E-state index contributed by atoms with van der Waals surface area (Å²) in [5.74, 6) is -6.50. The summed E-state index contributed by atoms with van der Waals surface area (Å²) in [5, 5.41) is 7.76.